The number of hydrogen-bond donors (Lipinski definition) is 2. The summed E-state index contributed by atoms with van der Waals surface area (Å²) in [6.45, 7) is 1.88. The summed E-state index contributed by atoms with van der Waals surface area (Å²) in [6.07, 6.45) is 4.30. The Hall–Kier alpha value is -2.29. The van der Waals surface area contributed by atoms with Gasteiger partial charge in [-0.25, -0.2) is 9.78 Å². The van der Waals surface area contributed by atoms with Gasteiger partial charge in [-0.3, -0.25) is 0 Å². The molecule has 0 bridgehead atoms. The van der Waals surface area contributed by atoms with E-state index in [2.05, 4.69) is 10.2 Å². The second-order valence-electron chi connectivity index (χ2n) is 8.44. The van der Waals surface area contributed by atoms with Crippen LogP contribution >= 0.6 is 34.5 Å². The number of anilines is 2. The molecular formula is C23H24Cl2N4O3S. The molecule has 33 heavy (non-hydrogen) atoms. The Morgan fingerprint density at radius 1 is 1.18 bits per heavy atom. The minimum absolute atomic E-state index is 0.274. The third-order valence-electron chi connectivity index (χ3n) is 6.24. The maximum atomic E-state index is 10.9. The molecule has 1 aliphatic heterocycles. The molecule has 1 aromatic carbocycles. The monoisotopic (exact) mass is 506 g/mol. The molecule has 2 N–H and O–H groups in total. The number of carboxylic acid groups (broad SMARTS) is 1. The van der Waals surface area contributed by atoms with Crippen molar-refractivity contribution in [3.63, 3.8) is 0 Å². The van der Waals surface area contributed by atoms with Crippen molar-refractivity contribution in [2.45, 2.75) is 51.2 Å². The number of nitrogens with zero attached hydrogens (tertiary/aromatic N) is 3. The fraction of sp³-hybridized carbons (Fsp3) is 0.435. The van der Waals surface area contributed by atoms with Crippen molar-refractivity contribution in [3.05, 3.63) is 44.2 Å². The molecular weight excluding hydrogens is 483 g/mol. The van der Waals surface area contributed by atoms with Gasteiger partial charge in [-0.05, 0) is 48.9 Å². The van der Waals surface area contributed by atoms with Crippen LogP contribution in [0, 0.1) is 0 Å². The van der Waals surface area contributed by atoms with Crippen LogP contribution in [-0.4, -0.2) is 40.4 Å². The Kier molecular flexibility index (Phi) is 6.49. The number of hydrogen-bond acceptors (Lipinski definition) is 7. The summed E-state index contributed by atoms with van der Waals surface area (Å²) in [7, 11) is 0. The lowest BCUT2D eigenvalue weighted by molar-refractivity contribution is 0.0415. The highest BCUT2D eigenvalue weighted by atomic mass is 35.5. The number of piperidine rings is 1. The molecule has 7 nitrogen and oxygen atoms in total. The number of fused-ring (bicyclic) bond motifs is 3. The molecule has 1 aliphatic carbocycles. The van der Waals surface area contributed by atoms with Crippen molar-refractivity contribution >= 4 is 62.7 Å². The van der Waals surface area contributed by atoms with E-state index in [1.54, 1.807) is 17.4 Å². The normalized spacial score (nSPS) is 16.6. The van der Waals surface area contributed by atoms with E-state index in [0.29, 0.717) is 48.5 Å². The Morgan fingerprint density at radius 3 is 2.73 bits per heavy atom. The molecule has 0 radical (unpaired) electrons. The van der Waals surface area contributed by atoms with Gasteiger partial charge in [0.15, 0.2) is 0 Å². The first-order chi connectivity index (χ1) is 16.0. The van der Waals surface area contributed by atoms with Crippen LogP contribution in [0.2, 0.25) is 10.0 Å². The fourth-order valence-electron chi connectivity index (χ4n) is 4.57. The number of aromatic nitrogens is 2. The van der Waals surface area contributed by atoms with Gasteiger partial charge in [-0.2, -0.15) is 4.98 Å². The minimum atomic E-state index is -1.22. The topological polar surface area (TPSA) is 87.6 Å². The van der Waals surface area contributed by atoms with Gasteiger partial charge in [0.05, 0.1) is 15.4 Å². The standard InChI is InChI=1S/C23H24Cl2N4O3S/c24-16-6-5-13(11-17(16)25)12-26-20-19-15-3-1-2-4-18(15)33-21(19)28-22(27-20)29-9-7-14(8-10-29)32-23(30)31/h5-6,11,14H,1-4,7-10,12H2,(H,30,31)(H,26,27,28). The van der Waals surface area contributed by atoms with Gasteiger partial charge in [0.2, 0.25) is 5.95 Å². The van der Waals surface area contributed by atoms with Crippen LogP contribution in [-0.2, 0) is 24.1 Å². The predicted octanol–water partition coefficient (Wildman–Crippen LogP) is 6.15. The third-order valence-corrected chi connectivity index (χ3v) is 8.16. The minimum Gasteiger partial charge on any atom is -0.450 e. The molecule has 0 amide bonds. The van der Waals surface area contributed by atoms with Gasteiger partial charge in [0.1, 0.15) is 16.8 Å². The molecule has 3 heterocycles. The lowest BCUT2D eigenvalue weighted by Crippen LogP contribution is -2.38. The summed E-state index contributed by atoms with van der Waals surface area (Å²) < 4.78 is 4.95. The van der Waals surface area contributed by atoms with E-state index in [4.69, 9.17) is 43.0 Å². The lowest BCUT2D eigenvalue weighted by Gasteiger charge is -2.31. The lowest BCUT2D eigenvalue weighted by atomic mass is 9.97. The first-order valence-corrected chi connectivity index (χ1v) is 12.7. The van der Waals surface area contributed by atoms with Crippen molar-refractivity contribution in [2.75, 3.05) is 23.3 Å². The zero-order chi connectivity index (χ0) is 22.9. The van der Waals surface area contributed by atoms with Crippen molar-refractivity contribution in [1.82, 2.24) is 9.97 Å². The van der Waals surface area contributed by atoms with E-state index in [-0.39, 0.29) is 6.10 Å². The molecule has 10 heteroatoms. The van der Waals surface area contributed by atoms with Gasteiger partial charge >= 0.3 is 6.16 Å². The molecule has 174 valence electrons. The van der Waals surface area contributed by atoms with Gasteiger partial charge in [-0.15, -0.1) is 11.3 Å². The largest absolute Gasteiger partial charge is 0.506 e. The average molecular weight is 507 g/mol. The Balaban J connectivity index is 1.44. The highest BCUT2D eigenvalue weighted by Crippen LogP contribution is 2.40. The van der Waals surface area contributed by atoms with Gasteiger partial charge < -0.3 is 20.1 Å². The quantitative estimate of drug-likeness (QED) is 0.401. The van der Waals surface area contributed by atoms with Crippen LogP contribution in [0.5, 0.6) is 0 Å². The highest BCUT2D eigenvalue weighted by molar-refractivity contribution is 7.19. The first-order valence-electron chi connectivity index (χ1n) is 11.1. The van der Waals surface area contributed by atoms with E-state index < -0.39 is 6.16 Å². The van der Waals surface area contributed by atoms with E-state index >= 15 is 0 Å². The second-order valence-corrected chi connectivity index (χ2v) is 10.3. The molecule has 3 aromatic rings. The number of halogens is 2. The molecule has 1 saturated heterocycles. The molecule has 2 aromatic heterocycles. The molecule has 0 saturated carbocycles. The zero-order valence-electron chi connectivity index (χ0n) is 17.9. The number of ether oxygens (including phenoxy) is 1. The SMILES string of the molecule is O=C(O)OC1CCN(c2nc(NCc3ccc(Cl)c(Cl)c3)c3c4c(sc3n2)CCCC4)CC1. The summed E-state index contributed by atoms with van der Waals surface area (Å²) in [4.78, 5) is 25.3. The Bertz CT molecular complexity index is 1190. The highest BCUT2D eigenvalue weighted by Gasteiger charge is 2.26. The van der Waals surface area contributed by atoms with Crippen LogP contribution in [0.15, 0.2) is 18.2 Å². The number of rotatable bonds is 5. The smallest absolute Gasteiger partial charge is 0.450 e. The van der Waals surface area contributed by atoms with Crippen LogP contribution in [0.25, 0.3) is 10.2 Å². The van der Waals surface area contributed by atoms with E-state index in [0.717, 1.165) is 34.4 Å². The van der Waals surface area contributed by atoms with Gasteiger partial charge in [-0.1, -0.05) is 29.3 Å². The maximum absolute atomic E-state index is 10.9. The van der Waals surface area contributed by atoms with Crippen LogP contribution in [0.1, 0.15) is 41.7 Å². The molecule has 0 spiro atoms. The van der Waals surface area contributed by atoms with E-state index in [9.17, 15) is 4.79 Å². The van der Waals surface area contributed by atoms with Crippen LogP contribution in [0.3, 0.4) is 0 Å². The van der Waals surface area contributed by atoms with Gasteiger partial charge in [0, 0.05) is 37.4 Å². The predicted molar refractivity (Wildman–Crippen MR) is 132 cm³/mol. The summed E-state index contributed by atoms with van der Waals surface area (Å²) in [6, 6.07) is 5.63. The van der Waals surface area contributed by atoms with Crippen molar-refractivity contribution in [3.8, 4) is 0 Å². The summed E-state index contributed by atoms with van der Waals surface area (Å²) >= 11 is 14.0. The van der Waals surface area contributed by atoms with Gasteiger partial charge in [0.25, 0.3) is 0 Å². The fourth-order valence-corrected chi connectivity index (χ4v) is 6.14. The Morgan fingerprint density at radius 2 is 1.97 bits per heavy atom. The molecule has 0 unspecified atom stereocenters. The number of aryl methyl sites for hydroxylation is 2. The molecule has 1 fully saturated rings. The maximum Gasteiger partial charge on any atom is 0.506 e. The number of thiophene rings is 1. The molecule has 0 atom stereocenters. The first kappa shape index (κ1) is 22.5. The van der Waals surface area contributed by atoms with Crippen molar-refractivity contribution in [1.29, 1.82) is 0 Å². The van der Waals surface area contributed by atoms with Crippen LogP contribution in [0.4, 0.5) is 16.6 Å². The molecule has 2 aliphatic rings. The number of carbonyl (C=O) groups is 1. The number of nitrogens with one attached hydrogen (secondary N) is 1. The van der Waals surface area contributed by atoms with E-state index in [1.807, 2.05) is 12.1 Å². The summed E-state index contributed by atoms with van der Waals surface area (Å²) in [5.41, 5.74) is 2.39. The van der Waals surface area contributed by atoms with Crippen molar-refractivity contribution in [2.24, 2.45) is 0 Å². The third kappa shape index (κ3) is 4.83. The van der Waals surface area contributed by atoms with Crippen LogP contribution < -0.4 is 10.2 Å². The summed E-state index contributed by atoms with van der Waals surface area (Å²) in [5.74, 6) is 1.51. The van der Waals surface area contributed by atoms with Crippen molar-refractivity contribution < 1.29 is 14.6 Å². The van der Waals surface area contributed by atoms with E-state index in [1.165, 1.54) is 23.3 Å². The Labute approximate surface area is 205 Å². The average Bonchev–Trinajstić information content (AvgIpc) is 3.18. The summed E-state index contributed by atoms with van der Waals surface area (Å²) in [5, 5.41) is 14.6. The zero-order valence-corrected chi connectivity index (χ0v) is 20.3. The second kappa shape index (κ2) is 9.52. The number of benzene rings is 1. The molecule has 5 rings (SSSR count).